The van der Waals surface area contributed by atoms with Gasteiger partial charge in [-0.2, -0.15) is 0 Å². The van der Waals surface area contributed by atoms with E-state index in [1.807, 2.05) is 78.9 Å². The molecule has 0 radical (unpaired) electrons. The van der Waals surface area contributed by atoms with Crippen molar-refractivity contribution in [3.63, 3.8) is 0 Å². The number of para-hydroxylation sites is 1. The Morgan fingerprint density at radius 2 is 1.52 bits per heavy atom. The molecule has 4 aromatic carbocycles. The van der Waals surface area contributed by atoms with Crippen molar-refractivity contribution in [1.82, 2.24) is 5.32 Å². The Morgan fingerprint density at radius 3 is 2.33 bits per heavy atom. The molecule has 0 saturated carbocycles. The van der Waals surface area contributed by atoms with Gasteiger partial charge in [0.25, 0.3) is 5.91 Å². The van der Waals surface area contributed by atoms with E-state index < -0.39 is 41.2 Å². The molecule has 3 heterocycles. The molecule has 0 aromatic heterocycles. The number of benzene rings is 4. The maximum absolute atomic E-state index is 14.6. The van der Waals surface area contributed by atoms with Gasteiger partial charge in [0.2, 0.25) is 11.8 Å². The average molecular weight is 560 g/mol. The summed E-state index contributed by atoms with van der Waals surface area (Å²) < 4.78 is 5.18. The van der Waals surface area contributed by atoms with Crippen LogP contribution in [-0.2, 0) is 35.9 Å². The summed E-state index contributed by atoms with van der Waals surface area (Å²) in [5.74, 6) is -3.52. The van der Waals surface area contributed by atoms with E-state index in [0.29, 0.717) is 23.4 Å². The summed E-state index contributed by atoms with van der Waals surface area (Å²) in [7, 11) is 0. The third-order valence-electron chi connectivity index (χ3n) is 8.76. The molecular formula is C34H29N3O5. The maximum Gasteiger partial charge on any atom is 0.326 e. The smallest absolute Gasteiger partial charge is 0.326 e. The van der Waals surface area contributed by atoms with Gasteiger partial charge < -0.3 is 4.74 Å². The molecule has 0 bridgehead atoms. The Kier molecular flexibility index (Phi) is 6.17. The molecule has 3 aliphatic heterocycles. The van der Waals surface area contributed by atoms with Crippen molar-refractivity contribution in [2.75, 3.05) is 23.0 Å². The minimum absolute atomic E-state index is 0.183. The molecule has 3 aliphatic rings. The molecule has 8 heteroatoms. The molecule has 2 saturated heterocycles. The quantitative estimate of drug-likeness (QED) is 0.284. The number of esters is 1. The molecule has 3 amide bonds. The van der Waals surface area contributed by atoms with Gasteiger partial charge in [0.05, 0.1) is 24.1 Å². The van der Waals surface area contributed by atoms with E-state index in [0.717, 1.165) is 16.3 Å². The van der Waals surface area contributed by atoms with Gasteiger partial charge in [0, 0.05) is 22.7 Å². The van der Waals surface area contributed by atoms with E-state index in [9.17, 15) is 19.2 Å². The normalized spacial score (nSPS) is 24.5. The first-order valence-corrected chi connectivity index (χ1v) is 14.2. The monoisotopic (exact) mass is 559 g/mol. The summed E-state index contributed by atoms with van der Waals surface area (Å²) in [6.07, 6.45) is 0.444. The number of amides is 3. The molecule has 1 N–H and O–H groups in total. The summed E-state index contributed by atoms with van der Waals surface area (Å²) in [4.78, 5) is 58.8. The lowest BCUT2D eigenvalue weighted by molar-refractivity contribution is -0.142. The summed E-state index contributed by atoms with van der Waals surface area (Å²) in [6, 6.07) is 29.6. The van der Waals surface area contributed by atoms with Crippen molar-refractivity contribution in [3.05, 3.63) is 108 Å². The second-order valence-corrected chi connectivity index (χ2v) is 11.0. The minimum atomic E-state index is -1.51. The Labute approximate surface area is 242 Å². The summed E-state index contributed by atoms with van der Waals surface area (Å²) >= 11 is 0. The number of carbonyl (C=O) groups excluding carboxylic acids is 4. The molecule has 0 aliphatic carbocycles. The molecule has 42 heavy (non-hydrogen) atoms. The molecule has 4 aromatic rings. The first-order chi connectivity index (χ1) is 20.5. The number of anilines is 2. The zero-order valence-electron chi connectivity index (χ0n) is 23.0. The van der Waals surface area contributed by atoms with Crippen LogP contribution in [0.25, 0.3) is 10.8 Å². The Hall–Kier alpha value is -4.82. The van der Waals surface area contributed by atoms with Crippen LogP contribution in [-0.4, -0.2) is 42.9 Å². The molecule has 7 rings (SSSR count). The third-order valence-corrected chi connectivity index (χ3v) is 8.76. The van der Waals surface area contributed by atoms with Crippen LogP contribution in [0.5, 0.6) is 0 Å². The fraction of sp³-hybridized carbons (Fsp3) is 0.235. The van der Waals surface area contributed by atoms with Crippen LogP contribution in [0.4, 0.5) is 11.4 Å². The first-order valence-electron chi connectivity index (χ1n) is 14.2. The van der Waals surface area contributed by atoms with E-state index in [1.165, 1.54) is 9.80 Å². The first kappa shape index (κ1) is 26.1. The maximum atomic E-state index is 14.6. The van der Waals surface area contributed by atoms with Crippen LogP contribution < -0.4 is 15.1 Å². The minimum Gasteiger partial charge on any atom is -0.465 e. The number of fused-ring (bicyclic) bond motifs is 5. The van der Waals surface area contributed by atoms with E-state index in [2.05, 4.69) is 5.32 Å². The van der Waals surface area contributed by atoms with E-state index in [-0.39, 0.29) is 19.1 Å². The lowest BCUT2D eigenvalue weighted by Crippen LogP contribution is -2.56. The third kappa shape index (κ3) is 3.72. The van der Waals surface area contributed by atoms with Crippen LogP contribution in [0.3, 0.4) is 0 Å². The molecular weight excluding hydrogens is 530 g/mol. The number of imide groups is 1. The Bertz CT molecular complexity index is 1750. The SMILES string of the molecule is CCOC(=O)CN1C(=O)[C@]2(N[C@H](Cc3ccccc3)[C@H]3C(=O)N(c4cccc5ccccc45)C(=O)[C@H]32)c2ccccc21. The highest BCUT2D eigenvalue weighted by atomic mass is 16.5. The van der Waals surface area contributed by atoms with Crippen molar-refractivity contribution < 1.29 is 23.9 Å². The number of carbonyl (C=O) groups is 4. The van der Waals surface area contributed by atoms with Gasteiger partial charge in [-0.25, -0.2) is 4.90 Å². The molecule has 2 fully saturated rings. The fourth-order valence-electron chi connectivity index (χ4n) is 7.12. The number of nitrogens with zero attached hydrogens (tertiary/aromatic N) is 2. The van der Waals surface area contributed by atoms with Crippen LogP contribution in [0.2, 0.25) is 0 Å². The second-order valence-electron chi connectivity index (χ2n) is 11.0. The number of hydrogen-bond acceptors (Lipinski definition) is 6. The molecule has 0 unspecified atom stereocenters. The predicted octanol–water partition coefficient (Wildman–Crippen LogP) is 3.97. The van der Waals surface area contributed by atoms with Crippen molar-refractivity contribution in [3.8, 4) is 0 Å². The van der Waals surface area contributed by atoms with Crippen molar-refractivity contribution >= 4 is 45.8 Å². The van der Waals surface area contributed by atoms with E-state index >= 15 is 0 Å². The van der Waals surface area contributed by atoms with Crippen LogP contribution >= 0.6 is 0 Å². The molecule has 4 atom stereocenters. The van der Waals surface area contributed by atoms with Gasteiger partial charge in [-0.05, 0) is 36.4 Å². The standard InChI is InChI=1S/C34H29N3O5/c1-2-42-28(38)20-36-27-17-9-8-16-24(27)34(33(36)41)30-29(25(35-34)19-21-11-4-3-5-12-21)31(39)37(32(30)40)26-18-10-14-22-13-6-7-15-23(22)26/h3-18,25,29-30,35H,2,19-20H2,1H3/t25-,29-,30+,34+/m1/s1. The van der Waals surface area contributed by atoms with E-state index in [4.69, 9.17) is 4.74 Å². The predicted molar refractivity (Wildman–Crippen MR) is 158 cm³/mol. The van der Waals surface area contributed by atoms with Crippen molar-refractivity contribution in [2.45, 2.75) is 24.9 Å². The van der Waals surface area contributed by atoms with E-state index in [1.54, 1.807) is 25.1 Å². The molecule has 210 valence electrons. The van der Waals surface area contributed by atoms with Crippen LogP contribution in [0.15, 0.2) is 97.1 Å². The van der Waals surface area contributed by atoms with Crippen LogP contribution in [0, 0.1) is 11.8 Å². The van der Waals surface area contributed by atoms with Crippen molar-refractivity contribution in [1.29, 1.82) is 0 Å². The van der Waals surface area contributed by atoms with Gasteiger partial charge >= 0.3 is 5.97 Å². The largest absolute Gasteiger partial charge is 0.465 e. The highest BCUT2D eigenvalue weighted by molar-refractivity contribution is 6.28. The number of ether oxygens (including phenoxy) is 1. The zero-order chi connectivity index (χ0) is 29.0. The van der Waals surface area contributed by atoms with Crippen LogP contribution in [0.1, 0.15) is 18.1 Å². The van der Waals surface area contributed by atoms with Gasteiger partial charge in [0.15, 0.2) is 0 Å². The van der Waals surface area contributed by atoms with Gasteiger partial charge in [-0.15, -0.1) is 0 Å². The number of hydrogen-bond donors (Lipinski definition) is 1. The average Bonchev–Trinajstić information content (AvgIpc) is 3.56. The number of nitrogens with one attached hydrogen (secondary N) is 1. The Balaban J connectivity index is 1.39. The number of rotatable bonds is 6. The molecule has 1 spiro atoms. The topological polar surface area (TPSA) is 96.0 Å². The lowest BCUT2D eigenvalue weighted by atomic mass is 9.76. The highest BCUT2D eigenvalue weighted by Crippen LogP contribution is 2.55. The lowest BCUT2D eigenvalue weighted by Gasteiger charge is -2.30. The summed E-state index contributed by atoms with van der Waals surface area (Å²) in [5, 5.41) is 5.21. The van der Waals surface area contributed by atoms with Crippen molar-refractivity contribution in [2.24, 2.45) is 11.8 Å². The fourth-order valence-corrected chi connectivity index (χ4v) is 7.12. The zero-order valence-corrected chi connectivity index (χ0v) is 23.0. The Morgan fingerprint density at radius 1 is 0.833 bits per heavy atom. The van der Waals surface area contributed by atoms with Gasteiger partial charge in [0.1, 0.15) is 12.1 Å². The summed E-state index contributed by atoms with van der Waals surface area (Å²) in [5.41, 5.74) is 1.10. The summed E-state index contributed by atoms with van der Waals surface area (Å²) in [6.45, 7) is 1.60. The van der Waals surface area contributed by atoms with Gasteiger partial charge in [-0.3, -0.25) is 29.4 Å². The van der Waals surface area contributed by atoms with Gasteiger partial charge in [-0.1, -0.05) is 84.9 Å². The highest BCUT2D eigenvalue weighted by Gasteiger charge is 2.71. The molecule has 8 nitrogen and oxygen atoms in total. The second kappa shape index (κ2) is 9.92.